The fourth-order valence-electron chi connectivity index (χ4n) is 3.06. The molecule has 2 aliphatic rings. The largest absolute Gasteiger partial charge is 0.338 e. The summed E-state index contributed by atoms with van der Waals surface area (Å²) in [7, 11) is 0. The van der Waals surface area contributed by atoms with Crippen LogP contribution in [0.4, 0.5) is 0 Å². The summed E-state index contributed by atoms with van der Waals surface area (Å²) < 4.78 is 0. The van der Waals surface area contributed by atoms with E-state index < -0.39 is 0 Å². The SMILES string of the molecule is CCN1CCC(N2CCNCC(C)(C)C2=O)CC1. The minimum Gasteiger partial charge on any atom is -0.338 e. The third kappa shape index (κ3) is 2.86. The van der Waals surface area contributed by atoms with E-state index in [0.717, 1.165) is 52.1 Å². The summed E-state index contributed by atoms with van der Waals surface area (Å²) in [5.41, 5.74) is -0.252. The third-order valence-corrected chi connectivity index (χ3v) is 4.38. The van der Waals surface area contributed by atoms with Crippen LogP contribution in [0.2, 0.25) is 0 Å². The number of hydrogen-bond acceptors (Lipinski definition) is 3. The molecule has 2 aliphatic heterocycles. The predicted octanol–water partition coefficient (Wildman–Crippen LogP) is 0.929. The molecule has 18 heavy (non-hydrogen) atoms. The zero-order valence-corrected chi connectivity index (χ0v) is 12.0. The Balaban J connectivity index is 2.01. The van der Waals surface area contributed by atoms with Gasteiger partial charge in [-0.25, -0.2) is 0 Å². The highest BCUT2D eigenvalue weighted by Crippen LogP contribution is 2.25. The van der Waals surface area contributed by atoms with Crippen molar-refractivity contribution in [2.75, 3.05) is 39.3 Å². The van der Waals surface area contributed by atoms with E-state index in [1.54, 1.807) is 0 Å². The highest BCUT2D eigenvalue weighted by Gasteiger charge is 2.37. The maximum Gasteiger partial charge on any atom is 0.229 e. The summed E-state index contributed by atoms with van der Waals surface area (Å²) in [6, 6.07) is 0.458. The summed E-state index contributed by atoms with van der Waals surface area (Å²) in [6.45, 7) is 12.3. The van der Waals surface area contributed by atoms with E-state index in [4.69, 9.17) is 0 Å². The zero-order chi connectivity index (χ0) is 13.2. The van der Waals surface area contributed by atoms with Gasteiger partial charge in [0.2, 0.25) is 5.91 Å². The van der Waals surface area contributed by atoms with Gasteiger partial charge in [-0.15, -0.1) is 0 Å². The molecule has 0 bridgehead atoms. The first-order chi connectivity index (χ1) is 8.54. The summed E-state index contributed by atoms with van der Waals surface area (Å²) in [5, 5.41) is 3.38. The van der Waals surface area contributed by atoms with Crippen LogP contribution in [0.15, 0.2) is 0 Å². The summed E-state index contributed by atoms with van der Waals surface area (Å²) >= 11 is 0. The Morgan fingerprint density at radius 3 is 2.56 bits per heavy atom. The molecule has 0 aromatic rings. The molecule has 4 heteroatoms. The van der Waals surface area contributed by atoms with Crippen molar-refractivity contribution in [1.29, 1.82) is 0 Å². The molecule has 0 spiro atoms. The molecule has 0 unspecified atom stereocenters. The van der Waals surface area contributed by atoms with Gasteiger partial charge < -0.3 is 15.1 Å². The lowest BCUT2D eigenvalue weighted by Crippen LogP contribution is -2.51. The molecule has 1 amide bonds. The van der Waals surface area contributed by atoms with Crippen molar-refractivity contribution in [2.24, 2.45) is 5.41 Å². The average Bonchev–Trinajstić information content (AvgIpc) is 2.50. The molecule has 104 valence electrons. The smallest absolute Gasteiger partial charge is 0.229 e. The third-order valence-electron chi connectivity index (χ3n) is 4.38. The van der Waals surface area contributed by atoms with E-state index in [1.807, 2.05) is 0 Å². The van der Waals surface area contributed by atoms with Gasteiger partial charge in [-0.1, -0.05) is 6.92 Å². The first-order valence-electron chi connectivity index (χ1n) is 7.29. The van der Waals surface area contributed by atoms with Gasteiger partial charge >= 0.3 is 0 Å². The lowest BCUT2D eigenvalue weighted by molar-refractivity contribution is -0.142. The second-order valence-corrected chi connectivity index (χ2v) is 6.22. The number of amides is 1. The van der Waals surface area contributed by atoms with Crippen LogP contribution >= 0.6 is 0 Å². The number of carbonyl (C=O) groups is 1. The first kappa shape index (κ1) is 13.8. The van der Waals surface area contributed by atoms with Crippen molar-refractivity contribution in [2.45, 2.75) is 39.7 Å². The Bertz CT molecular complexity index is 295. The van der Waals surface area contributed by atoms with E-state index in [-0.39, 0.29) is 5.41 Å². The van der Waals surface area contributed by atoms with Gasteiger partial charge in [-0.05, 0) is 33.2 Å². The minimum absolute atomic E-state index is 0.252. The molecule has 0 atom stereocenters. The lowest BCUT2D eigenvalue weighted by atomic mass is 9.90. The fraction of sp³-hybridized carbons (Fsp3) is 0.929. The van der Waals surface area contributed by atoms with Crippen molar-refractivity contribution in [1.82, 2.24) is 15.1 Å². The topological polar surface area (TPSA) is 35.6 Å². The summed E-state index contributed by atoms with van der Waals surface area (Å²) in [6.07, 6.45) is 2.27. The monoisotopic (exact) mass is 253 g/mol. The van der Waals surface area contributed by atoms with Crippen molar-refractivity contribution >= 4 is 5.91 Å². The van der Waals surface area contributed by atoms with Crippen LogP contribution in [0.25, 0.3) is 0 Å². The number of rotatable bonds is 2. The molecule has 2 rings (SSSR count). The molecule has 0 radical (unpaired) electrons. The van der Waals surface area contributed by atoms with Gasteiger partial charge in [-0.2, -0.15) is 0 Å². The van der Waals surface area contributed by atoms with E-state index in [9.17, 15) is 4.79 Å². The molecule has 1 N–H and O–H groups in total. The molecule has 2 saturated heterocycles. The maximum atomic E-state index is 12.6. The highest BCUT2D eigenvalue weighted by atomic mass is 16.2. The van der Waals surface area contributed by atoms with Crippen LogP contribution < -0.4 is 5.32 Å². The highest BCUT2D eigenvalue weighted by molar-refractivity contribution is 5.82. The molecule has 0 aromatic heterocycles. The van der Waals surface area contributed by atoms with Crippen LogP contribution in [0.1, 0.15) is 33.6 Å². The molecular formula is C14H27N3O. The quantitative estimate of drug-likeness (QED) is 0.795. The molecular weight excluding hydrogens is 226 g/mol. The Hall–Kier alpha value is -0.610. The maximum absolute atomic E-state index is 12.6. The molecule has 2 fully saturated rings. The number of nitrogens with one attached hydrogen (secondary N) is 1. The average molecular weight is 253 g/mol. The molecule has 0 saturated carbocycles. The minimum atomic E-state index is -0.252. The van der Waals surface area contributed by atoms with Crippen molar-refractivity contribution in [3.8, 4) is 0 Å². The fourth-order valence-corrected chi connectivity index (χ4v) is 3.06. The number of hydrogen-bond donors (Lipinski definition) is 1. The lowest BCUT2D eigenvalue weighted by Gasteiger charge is -2.40. The summed E-state index contributed by atoms with van der Waals surface area (Å²) in [5.74, 6) is 0.336. The van der Waals surface area contributed by atoms with Crippen molar-refractivity contribution in [3.05, 3.63) is 0 Å². The van der Waals surface area contributed by atoms with Crippen LogP contribution in [0, 0.1) is 5.41 Å². The Labute approximate surface area is 111 Å². The molecule has 0 aromatic carbocycles. The Kier molecular flexibility index (Phi) is 4.28. The zero-order valence-electron chi connectivity index (χ0n) is 12.0. The van der Waals surface area contributed by atoms with Gasteiger partial charge in [0.05, 0.1) is 5.41 Å². The van der Waals surface area contributed by atoms with Crippen LogP contribution in [0.5, 0.6) is 0 Å². The van der Waals surface area contributed by atoms with Gasteiger partial charge in [0, 0.05) is 38.8 Å². The second-order valence-electron chi connectivity index (χ2n) is 6.22. The number of carbonyl (C=O) groups excluding carboxylic acids is 1. The summed E-state index contributed by atoms with van der Waals surface area (Å²) in [4.78, 5) is 17.2. The van der Waals surface area contributed by atoms with E-state index in [0.29, 0.717) is 11.9 Å². The first-order valence-corrected chi connectivity index (χ1v) is 7.29. The number of nitrogens with zero attached hydrogens (tertiary/aromatic N) is 2. The van der Waals surface area contributed by atoms with Crippen LogP contribution in [-0.2, 0) is 4.79 Å². The molecule has 4 nitrogen and oxygen atoms in total. The standard InChI is InChI=1S/C14H27N3O/c1-4-16-8-5-12(6-9-16)17-10-7-15-11-14(2,3)13(17)18/h12,15H,4-11H2,1-3H3. The second kappa shape index (κ2) is 5.57. The van der Waals surface area contributed by atoms with Crippen LogP contribution in [-0.4, -0.2) is 61.0 Å². The van der Waals surface area contributed by atoms with Crippen molar-refractivity contribution < 1.29 is 4.79 Å². The van der Waals surface area contributed by atoms with Gasteiger partial charge in [0.15, 0.2) is 0 Å². The van der Waals surface area contributed by atoms with Crippen LogP contribution in [0.3, 0.4) is 0 Å². The van der Waals surface area contributed by atoms with Gasteiger partial charge in [0.25, 0.3) is 0 Å². The van der Waals surface area contributed by atoms with E-state index in [2.05, 4.69) is 35.9 Å². The van der Waals surface area contributed by atoms with E-state index >= 15 is 0 Å². The normalized spacial score (nSPS) is 27.3. The number of likely N-dealkylation sites (tertiary alicyclic amines) is 1. The molecule has 2 heterocycles. The van der Waals surface area contributed by atoms with E-state index in [1.165, 1.54) is 0 Å². The van der Waals surface area contributed by atoms with Gasteiger partial charge in [-0.3, -0.25) is 4.79 Å². The van der Waals surface area contributed by atoms with Gasteiger partial charge in [0.1, 0.15) is 0 Å². The Morgan fingerprint density at radius 1 is 1.28 bits per heavy atom. The predicted molar refractivity (Wildman–Crippen MR) is 73.5 cm³/mol. The molecule has 0 aliphatic carbocycles. The Morgan fingerprint density at radius 2 is 1.94 bits per heavy atom. The number of piperidine rings is 1. The van der Waals surface area contributed by atoms with Crippen molar-refractivity contribution in [3.63, 3.8) is 0 Å².